The molecule has 0 fully saturated rings. The molecule has 0 aromatic heterocycles. The lowest BCUT2D eigenvalue weighted by atomic mass is 10.1. The zero-order chi connectivity index (χ0) is 13.7. The molecule has 96 valence electrons. The number of halogens is 1. The van der Waals surface area contributed by atoms with Gasteiger partial charge < -0.3 is 5.73 Å². The molecule has 0 saturated carbocycles. The third-order valence-electron chi connectivity index (χ3n) is 2.33. The average molecular weight is 267 g/mol. The van der Waals surface area contributed by atoms with E-state index >= 15 is 0 Å². The van der Waals surface area contributed by atoms with Crippen molar-refractivity contribution >= 4 is 29.1 Å². The van der Waals surface area contributed by atoms with Gasteiger partial charge in [0.05, 0.1) is 5.69 Å². The van der Waals surface area contributed by atoms with Crippen LogP contribution in [0.1, 0.15) is 19.4 Å². The second kappa shape index (κ2) is 6.33. The van der Waals surface area contributed by atoms with Gasteiger partial charge in [-0.3, -0.25) is 9.59 Å². The van der Waals surface area contributed by atoms with Crippen LogP contribution in [0.15, 0.2) is 35.4 Å². The van der Waals surface area contributed by atoms with Crippen LogP contribution in [0.5, 0.6) is 0 Å². The van der Waals surface area contributed by atoms with Crippen molar-refractivity contribution in [3.8, 4) is 0 Å². The van der Waals surface area contributed by atoms with Crippen LogP contribution in [0.3, 0.4) is 0 Å². The predicted molar refractivity (Wildman–Crippen MR) is 72.1 cm³/mol. The second-order valence-corrected chi connectivity index (χ2v) is 3.71. The predicted octanol–water partition coefficient (Wildman–Crippen LogP) is 2.17. The normalized spacial score (nSPS) is 14.2. The maximum absolute atomic E-state index is 11.6. The van der Waals surface area contributed by atoms with Crippen molar-refractivity contribution in [1.29, 1.82) is 0 Å². The van der Waals surface area contributed by atoms with E-state index in [9.17, 15) is 9.59 Å². The van der Waals surface area contributed by atoms with Crippen molar-refractivity contribution in [2.24, 2.45) is 5.73 Å². The van der Waals surface area contributed by atoms with Gasteiger partial charge in [-0.2, -0.15) is 0 Å². The molecule has 18 heavy (non-hydrogen) atoms. The van der Waals surface area contributed by atoms with Gasteiger partial charge in [0.15, 0.2) is 0 Å². The Hall–Kier alpha value is -1.65. The van der Waals surface area contributed by atoms with Gasteiger partial charge in [-0.1, -0.05) is 43.6 Å². The SMILES string of the molecule is CC.NCc1ccccc1N1C(=O)C=C(Cl)C1=O. The molecule has 1 aromatic rings. The van der Waals surface area contributed by atoms with Crippen molar-refractivity contribution in [2.75, 3.05) is 4.90 Å². The van der Waals surface area contributed by atoms with Crippen LogP contribution in [0.25, 0.3) is 0 Å². The molecule has 1 heterocycles. The van der Waals surface area contributed by atoms with Crippen LogP contribution in [0.2, 0.25) is 0 Å². The highest BCUT2D eigenvalue weighted by Gasteiger charge is 2.32. The van der Waals surface area contributed by atoms with Crippen molar-refractivity contribution < 1.29 is 9.59 Å². The first-order valence-electron chi connectivity index (χ1n) is 5.68. The monoisotopic (exact) mass is 266 g/mol. The quantitative estimate of drug-likeness (QED) is 0.835. The molecule has 1 aromatic carbocycles. The Bertz CT molecular complexity index is 498. The summed E-state index contributed by atoms with van der Waals surface area (Å²) in [4.78, 5) is 24.2. The minimum Gasteiger partial charge on any atom is -0.326 e. The number of nitrogens with two attached hydrogens (primary N) is 1. The summed E-state index contributed by atoms with van der Waals surface area (Å²) in [6.45, 7) is 4.25. The number of nitrogens with zero attached hydrogens (tertiary/aromatic N) is 1. The molecule has 2 rings (SSSR count). The van der Waals surface area contributed by atoms with E-state index in [-0.39, 0.29) is 11.6 Å². The number of benzene rings is 1. The highest BCUT2D eigenvalue weighted by atomic mass is 35.5. The van der Waals surface area contributed by atoms with Gasteiger partial charge in [-0.05, 0) is 11.6 Å². The first kappa shape index (κ1) is 14.4. The highest BCUT2D eigenvalue weighted by Crippen LogP contribution is 2.27. The number of hydrogen-bond donors (Lipinski definition) is 1. The Morgan fingerprint density at radius 1 is 1.22 bits per heavy atom. The topological polar surface area (TPSA) is 63.4 Å². The summed E-state index contributed by atoms with van der Waals surface area (Å²) < 4.78 is 0. The molecule has 0 unspecified atom stereocenters. The van der Waals surface area contributed by atoms with Crippen LogP contribution in [0, 0.1) is 0 Å². The van der Waals surface area contributed by atoms with E-state index in [4.69, 9.17) is 17.3 Å². The lowest BCUT2D eigenvalue weighted by molar-refractivity contribution is -0.120. The summed E-state index contributed by atoms with van der Waals surface area (Å²) in [7, 11) is 0. The number of anilines is 1. The summed E-state index contributed by atoms with van der Waals surface area (Å²) in [5.41, 5.74) is 6.76. The minimum atomic E-state index is -0.507. The summed E-state index contributed by atoms with van der Waals surface area (Å²) in [5.74, 6) is -0.941. The van der Waals surface area contributed by atoms with Gasteiger partial charge in [-0.25, -0.2) is 4.90 Å². The van der Waals surface area contributed by atoms with Crippen molar-refractivity contribution in [2.45, 2.75) is 20.4 Å². The van der Waals surface area contributed by atoms with E-state index in [0.29, 0.717) is 5.69 Å². The van der Waals surface area contributed by atoms with E-state index in [1.54, 1.807) is 24.3 Å². The molecular weight excluding hydrogens is 252 g/mol. The van der Waals surface area contributed by atoms with E-state index in [1.807, 2.05) is 13.8 Å². The van der Waals surface area contributed by atoms with Gasteiger partial charge in [-0.15, -0.1) is 0 Å². The van der Waals surface area contributed by atoms with Gasteiger partial charge in [0.2, 0.25) is 0 Å². The fraction of sp³-hybridized carbons (Fsp3) is 0.231. The molecule has 1 aliphatic heterocycles. The minimum absolute atomic E-state index is 0.0724. The molecule has 0 bridgehead atoms. The third-order valence-corrected chi connectivity index (χ3v) is 2.60. The zero-order valence-corrected chi connectivity index (χ0v) is 11.1. The van der Waals surface area contributed by atoms with E-state index in [0.717, 1.165) is 16.5 Å². The largest absolute Gasteiger partial charge is 0.326 e. The maximum Gasteiger partial charge on any atom is 0.277 e. The van der Waals surface area contributed by atoms with Crippen LogP contribution in [-0.4, -0.2) is 11.8 Å². The van der Waals surface area contributed by atoms with Crippen molar-refractivity contribution in [3.05, 3.63) is 40.9 Å². The second-order valence-electron chi connectivity index (χ2n) is 3.30. The zero-order valence-electron chi connectivity index (χ0n) is 10.3. The molecule has 0 radical (unpaired) electrons. The molecule has 0 atom stereocenters. The lowest BCUT2D eigenvalue weighted by Gasteiger charge is -2.17. The van der Waals surface area contributed by atoms with Crippen LogP contribution in [0.4, 0.5) is 5.69 Å². The molecule has 2 N–H and O–H groups in total. The Balaban J connectivity index is 0.000000771. The smallest absolute Gasteiger partial charge is 0.277 e. The Labute approximate surface area is 111 Å². The Kier molecular flexibility index (Phi) is 5.07. The van der Waals surface area contributed by atoms with Gasteiger partial charge in [0, 0.05) is 12.6 Å². The van der Waals surface area contributed by atoms with Crippen LogP contribution < -0.4 is 10.6 Å². The van der Waals surface area contributed by atoms with E-state index < -0.39 is 11.8 Å². The number of amides is 2. The van der Waals surface area contributed by atoms with E-state index in [1.165, 1.54) is 0 Å². The number of imide groups is 1. The fourth-order valence-electron chi connectivity index (χ4n) is 1.57. The number of hydrogen-bond acceptors (Lipinski definition) is 3. The molecule has 0 spiro atoms. The van der Waals surface area contributed by atoms with Gasteiger partial charge >= 0.3 is 0 Å². The highest BCUT2D eigenvalue weighted by molar-refractivity contribution is 6.51. The Morgan fingerprint density at radius 3 is 2.33 bits per heavy atom. The standard InChI is InChI=1S/C11H9ClN2O2.C2H6/c12-8-5-10(15)14(11(8)16)9-4-2-1-3-7(9)6-13;1-2/h1-5H,6,13H2;1-2H3. The maximum atomic E-state index is 11.6. The van der Waals surface area contributed by atoms with E-state index in [2.05, 4.69) is 0 Å². The molecule has 1 aliphatic rings. The number of rotatable bonds is 2. The molecule has 0 aliphatic carbocycles. The van der Waals surface area contributed by atoms with Crippen molar-refractivity contribution in [1.82, 2.24) is 0 Å². The summed E-state index contributed by atoms with van der Waals surface area (Å²) in [6.07, 6.45) is 1.11. The lowest BCUT2D eigenvalue weighted by Crippen LogP contribution is -2.31. The first-order valence-corrected chi connectivity index (χ1v) is 6.06. The number of para-hydroxylation sites is 1. The third kappa shape index (κ3) is 2.60. The van der Waals surface area contributed by atoms with Gasteiger partial charge in [0.25, 0.3) is 11.8 Å². The number of carbonyl (C=O) groups excluding carboxylic acids is 2. The first-order chi connectivity index (χ1) is 8.65. The van der Waals surface area contributed by atoms with Crippen LogP contribution in [-0.2, 0) is 16.1 Å². The number of carbonyl (C=O) groups is 2. The average Bonchev–Trinajstić information content (AvgIpc) is 2.66. The molecule has 0 saturated heterocycles. The molecule has 5 heteroatoms. The molecule has 2 amide bonds. The summed E-state index contributed by atoms with van der Waals surface area (Å²) >= 11 is 5.62. The fourth-order valence-corrected chi connectivity index (χ4v) is 1.75. The van der Waals surface area contributed by atoms with Crippen LogP contribution >= 0.6 is 11.6 Å². The molecular formula is C13H15ClN2O2. The van der Waals surface area contributed by atoms with Crippen molar-refractivity contribution in [3.63, 3.8) is 0 Å². The summed E-state index contributed by atoms with van der Waals surface area (Å²) in [5, 5.41) is -0.0724. The summed E-state index contributed by atoms with van der Waals surface area (Å²) in [6, 6.07) is 6.97. The molecule has 4 nitrogen and oxygen atoms in total. The Morgan fingerprint density at radius 2 is 1.83 bits per heavy atom. The van der Waals surface area contributed by atoms with Gasteiger partial charge in [0.1, 0.15) is 5.03 Å².